The highest BCUT2D eigenvalue weighted by Gasteiger charge is 2.00. The second-order valence-electron chi connectivity index (χ2n) is 2.05. The molecule has 0 aliphatic carbocycles. The Hall–Kier alpha value is -0.720. The van der Waals surface area contributed by atoms with Gasteiger partial charge in [0.25, 0.3) is 0 Å². The average Bonchev–Trinajstić information content (AvgIpc) is 1.97. The zero-order chi connectivity index (χ0) is 9.56. The van der Waals surface area contributed by atoms with Crippen molar-refractivity contribution < 1.29 is 18.3 Å². The van der Waals surface area contributed by atoms with Crippen LogP contribution in [-0.4, -0.2) is 27.9 Å². The summed E-state index contributed by atoms with van der Waals surface area (Å²) in [5, 5.41) is 0. The second-order valence-corrected chi connectivity index (χ2v) is 2.80. The van der Waals surface area contributed by atoms with Crippen molar-refractivity contribution in [3.05, 3.63) is 12.2 Å². The third-order valence-electron chi connectivity index (χ3n) is 0.904. The molecule has 0 bridgehead atoms. The zero-order valence-electron chi connectivity index (χ0n) is 6.66. The molecule has 0 heterocycles. The number of carbonyl (C=O) groups is 1. The Morgan fingerprint density at radius 2 is 2.33 bits per heavy atom. The van der Waals surface area contributed by atoms with E-state index < -0.39 is 17.2 Å². The van der Waals surface area contributed by atoms with Gasteiger partial charge >= 0.3 is 5.97 Å². The number of hydrogen-bond acceptors (Lipinski definition) is 4. The van der Waals surface area contributed by atoms with E-state index in [4.69, 9.17) is 0 Å². The van der Waals surface area contributed by atoms with Crippen molar-refractivity contribution in [1.29, 1.82) is 0 Å². The van der Waals surface area contributed by atoms with Crippen molar-refractivity contribution in [2.75, 3.05) is 13.2 Å². The average molecular weight is 192 g/mol. The van der Waals surface area contributed by atoms with Gasteiger partial charge in [0, 0.05) is 23.4 Å². The highest BCUT2D eigenvalue weighted by Crippen LogP contribution is 1.90. The SMILES string of the molecule is C=C(C)C(=O)OCCNS(=O)[O-]. The molecule has 0 radical (unpaired) electrons. The van der Waals surface area contributed by atoms with Crippen molar-refractivity contribution in [2.45, 2.75) is 6.92 Å². The van der Waals surface area contributed by atoms with E-state index in [1.165, 1.54) is 6.92 Å². The van der Waals surface area contributed by atoms with Crippen LogP contribution in [0.15, 0.2) is 12.2 Å². The monoisotopic (exact) mass is 192 g/mol. The predicted octanol–water partition coefficient (Wildman–Crippen LogP) is -0.511. The molecule has 1 atom stereocenters. The summed E-state index contributed by atoms with van der Waals surface area (Å²) in [6.07, 6.45) is 0. The van der Waals surface area contributed by atoms with E-state index in [1.807, 2.05) is 4.72 Å². The lowest BCUT2D eigenvalue weighted by Crippen LogP contribution is -2.23. The molecule has 0 rings (SSSR count). The highest BCUT2D eigenvalue weighted by atomic mass is 32.2. The Kier molecular flexibility index (Phi) is 5.52. The molecule has 0 fully saturated rings. The summed E-state index contributed by atoms with van der Waals surface area (Å²) >= 11 is -2.30. The van der Waals surface area contributed by atoms with Crippen LogP contribution in [0, 0.1) is 0 Å². The largest absolute Gasteiger partial charge is 0.760 e. The van der Waals surface area contributed by atoms with Gasteiger partial charge in [-0.1, -0.05) is 6.58 Å². The summed E-state index contributed by atoms with van der Waals surface area (Å²) in [4.78, 5) is 10.7. The standard InChI is InChI=1S/C6H11NO4S/c1-5(2)6(8)11-4-3-7-12(9)10/h7H,1,3-4H2,2H3,(H,9,10)/p-1. The van der Waals surface area contributed by atoms with Gasteiger partial charge in [0.2, 0.25) is 0 Å². The molecule has 0 aromatic carbocycles. The van der Waals surface area contributed by atoms with Gasteiger partial charge in [-0.25, -0.2) is 9.52 Å². The van der Waals surface area contributed by atoms with Crippen LogP contribution in [0.4, 0.5) is 0 Å². The molecule has 0 aliphatic rings. The first-order valence-corrected chi connectivity index (χ1v) is 4.27. The van der Waals surface area contributed by atoms with Gasteiger partial charge in [0.1, 0.15) is 6.61 Å². The second kappa shape index (κ2) is 5.87. The van der Waals surface area contributed by atoms with E-state index in [1.54, 1.807) is 0 Å². The Labute approximate surface area is 73.2 Å². The Morgan fingerprint density at radius 3 is 2.75 bits per heavy atom. The molecule has 0 aromatic heterocycles. The first-order valence-electron chi connectivity index (χ1n) is 3.19. The molecule has 0 aliphatic heterocycles. The van der Waals surface area contributed by atoms with Crippen LogP contribution in [0.3, 0.4) is 0 Å². The summed E-state index contributed by atoms with van der Waals surface area (Å²) in [6.45, 7) is 4.96. The van der Waals surface area contributed by atoms with Gasteiger partial charge in [0.15, 0.2) is 0 Å². The zero-order valence-corrected chi connectivity index (χ0v) is 7.48. The van der Waals surface area contributed by atoms with Gasteiger partial charge in [-0.2, -0.15) is 0 Å². The third kappa shape index (κ3) is 6.02. The predicted molar refractivity (Wildman–Crippen MR) is 42.7 cm³/mol. The summed E-state index contributed by atoms with van der Waals surface area (Å²) in [6, 6.07) is 0. The Morgan fingerprint density at radius 1 is 1.75 bits per heavy atom. The fourth-order valence-electron chi connectivity index (χ4n) is 0.392. The van der Waals surface area contributed by atoms with E-state index in [-0.39, 0.29) is 13.2 Å². The maximum absolute atomic E-state index is 10.7. The van der Waals surface area contributed by atoms with Gasteiger partial charge < -0.3 is 9.29 Å². The minimum atomic E-state index is -2.30. The molecule has 0 saturated carbocycles. The molecule has 0 amide bonds. The number of ether oxygens (including phenoxy) is 1. The number of carbonyl (C=O) groups excluding carboxylic acids is 1. The molecular formula is C6H10NO4S-. The van der Waals surface area contributed by atoms with Crippen LogP contribution in [0.2, 0.25) is 0 Å². The lowest BCUT2D eigenvalue weighted by atomic mass is 10.4. The van der Waals surface area contributed by atoms with Crippen molar-refractivity contribution in [3.63, 3.8) is 0 Å². The van der Waals surface area contributed by atoms with Crippen LogP contribution < -0.4 is 4.72 Å². The van der Waals surface area contributed by atoms with Gasteiger partial charge in [-0.05, 0) is 6.92 Å². The summed E-state index contributed by atoms with van der Waals surface area (Å²) in [7, 11) is 0. The van der Waals surface area contributed by atoms with Crippen LogP contribution in [0.5, 0.6) is 0 Å². The minimum absolute atomic E-state index is 0.0136. The molecule has 1 N–H and O–H groups in total. The molecule has 12 heavy (non-hydrogen) atoms. The molecule has 6 heteroatoms. The van der Waals surface area contributed by atoms with E-state index in [0.717, 1.165) is 0 Å². The summed E-state index contributed by atoms with van der Waals surface area (Å²) in [5.74, 6) is -0.520. The van der Waals surface area contributed by atoms with Crippen LogP contribution in [0.1, 0.15) is 6.92 Å². The van der Waals surface area contributed by atoms with Crippen LogP contribution >= 0.6 is 0 Å². The number of hydrogen-bond donors (Lipinski definition) is 1. The first kappa shape index (κ1) is 11.3. The third-order valence-corrected chi connectivity index (χ3v) is 1.34. The van der Waals surface area contributed by atoms with Crippen molar-refractivity contribution in [1.82, 2.24) is 4.72 Å². The summed E-state index contributed by atoms with van der Waals surface area (Å²) in [5.41, 5.74) is 0.290. The van der Waals surface area contributed by atoms with Crippen LogP contribution in [0.25, 0.3) is 0 Å². The van der Waals surface area contributed by atoms with Crippen molar-refractivity contribution in [2.24, 2.45) is 0 Å². The van der Waals surface area contributed by atoms with Gasteiger partial charge in [-0.15, -0.1) is 0 Å². The topological polar surface area (TPSA) is 78.5 Å². The number of rotatable bonds is 5. The molecule has 1 unspecified atom stereocenters. The molecule has 5 nitrogen and oxygen atoms in total. The highest BCUT2D eigenvalue weighted by molar-refractivity contribution is 7.77. The van der Waals surface area contributed by atoms with Crippen LogP contribution in [-0.2, 0) is 20.8 Å². The fourth-order valence-corrected chi connectivity index (χ4v) is 0.642. The van der Waals surface area contributed by atoms with Crippen molar-refractivity contribution in [3.8, 4) is 0 Å². The van der Waals surface area contributed by atoms with E-state index in [2.05, 4.69) is 11.3 Å². The lowest BCUT2D eigenvalue weighted by Gasteiger charge is -2.07. The van der Waals surface area contributed by atoms with Crippen molar-refractivity contribution >= 4 is 17.2 Å². The quantitative estimate of drug-likeness (QED) is 0.275. The van der Waals surface area contributed by atoms with Gasteiger partial charge in [-0.3, -0.25) is 4.21 Å². The van der Waals surface area contributed by atoms with E-state index in [0.29, 0.717) is 5.57 Å². The minimum Gasteiger partial charge on any atom is -0.760 e. The molecular weight excluding hydrogens is 182 g/mol. The smallest absolute Gasteiger partial charge is 0.333 e. The Bertz CT molecular complexity index is 204. The van der Waals surface area contributed by atoms with E-state index >= 15 is 0 Å². The Balaban J connectivity index is 3.38. The maximum atomic E-state index is 10.7. The van der Waals surface area contributed by atoms with Gasteiger partial charge in [0.05, 0.1) is 0 Å². The maximum Gasteiger partial charge on any atom is 0.333 e. The number of nitrogens with one attached hydrogen (secondary N) is 1. The summed E-state index contributed by atoms with van der Waals surface area (Å²) < 4.78 is 26.4. The number of esters is 1. The fraction of sp³-hybridized carbons (Fsp3) is 0.500. The first-order chi connectivity index (χ1) is 5.54. The molecule has 70 valence electrons. The molecule has 0 aromatic rings. The molecule has 0 spiro atoms. The lowest BCUT2D eigenvalue weighted by molar-refractivity contribution is -0.138. The molecule has 0 saturated heterocycles. The van der Waals surface area contributed by atoms with E-state index in [9.17, 15) is 13.6 Å². The normalized spacial score (nSPS) is 12.2.